The first-order valence-electron chi connectivity index (χ1n) is 11.2. The lowest BCUT2D eigenvalue weighted by atomic mass is 10.0. The molecule has 2 aromatic heterocycles. The van der Waals surface area contributed by atoms with Gasteiger partial charge >= 0.3 is 19.2 Å². The van der Waals surface area contributed by atoms with E-state index in [9.17, 15) is 9.59 Å². The molecule has 13 heteroatoms. The van der Waals surface area contributed by atoms with E-state index in [2.05, 4.69) is 14.9 Å². The largest absolute Gasteiger partial charge is 0.466 e. The van der Waals surface area contributed by atoms with Crippen molar-refractivity contribution in [3.05, 3.63) is 68.5 Å². The van der Waals surface area contributed by atoms with Crippen LogP contribution in [0.5, 0.6) is 0 Å². The maximum absolute atomic E-state index is 12.5. The van der Waals surface area contributed by atoms with Crippen molar-refractivity contribution in [3.8, 4) is 0 Å². The standard InChI is InChI=1S/C22H24ClN5O2.H3O4P/c23-15-6-7-20-18(14-15)25-22(30)28(20)16-8-12-26(13-9-16)10-3-11-27-19-5-2-1-4-17(19)24-21(27)29;1-5(2,3)4/h1-2,4-7,14,16H,3,8-13H2,(H,24,29)(H,25,30);(H3,1,2,3,4). The second kappa shape index (κ2) is 10.5. The third kappa shape index (κ3) is 6.32. The SMILES string of the molecule is O=P(O)(O)O.O=c1[nH]c2ccccc2n1CCCN1CCC(n2c(=O)[nH]c3cc(Cl)ccc32)CC1. The van der Waals surface area contributed by atoms with Crippen LogP contribution in [0, 0.1) is 0 Å². The van der Waals surface area contributed by atoms with Gasteiger partial charge in [-0.25, -0.2) is 14.2 Å². The van der Waals surface area contributed by atoms with Crippen molar-refractivity contribution in [2.75, 3.05) is 19.6 Å². The number of piperidine rings is 1. The molecule has 11 nitrogen and oxygen atoms in total. The molecule has 4 aromatic rings. The predicted molar refractivity (Wildman–Crippen MR) is 134 cm³/mol. The highest BCUT2D eigenvalue weighted by atomic mass is 35.5. The Labute approximate surface area is 204 Å². The average Bonchev–Trinajstić information content (AvgIpc) is 3.28. The van der Waals surface area contributed by atoms with Crippen molar-refractivity contribution < 1.29 is 19.2 Å². The van der Waals surface area contributed by atoms with E-state index in [0.29, 0.717) is 11.6 Å². The number of H-pyrrole nitrogens is 2. The van der Waals surface area contributed by atoms with Gasteiger partial charge in [0.2, 0.25) is 0 Å². The average molecular weight is 524 g/mol. The van der Waals surface area contributed by atoms with Crippen LogP contribution in [0.1, 0.15) is 25.3 Å². The zero-order chi connectivity index (χ0) is 25.2. The Morgan fingerprint density at radius 1 is 0.914 bits per heavy atom. The van der Waals surface area contributed by atoms with Crippen LogP contribution in [0.25, 0.3) is 22.1 Å². The molecule has 0 atom stereocenters. The molecule has 0 amide bonds. The van der Waals surface area contributed by atoms with Crippen LogP contribution < -0.4 is 11.4 Å². The van der Waals surface area contributed by atoms with Gasteiger partial charge in [-0.05, 0) is 56.1 Å². The summed E-state index contributed by atoms with van der Waals surface area (Å²) in [6.07, 6.45) is 2.78. The zero-order valence-corrected chi connectivity index (χ0v) is 20.5. The lowest BCUT2D eigenvalue weighted by Gasteiger charge is -2.32. The maximum Gasteiger partial charge on any atom is 0.466 e. The second-order valence-corrected chi connectivity index (χ2v) is 9.96. The number of imidazole rings is 2. The van der Waals surface area contributed by atoms with Gasteiger partial charge in [-0.1, -0.05) is 23.7 Å². The van der Waals surface area contributed by atoms with Gasteiger partial charge in [-0.3, -0.25) is 9.13 Å². The summed E-state index contributed by atoms with van der Waals surface area (Å²) in [7, 11) is -4.64. The number of hydrogen-bond donors (Lipinski definition) is 5. The molecule has 1 saturated heterocycles. The summed E-state index contributed by atoms with van der Waals surface area (Å²) < 4.78 is 12.6. The first-order chi connectivity index (χ1) is 16.6. The van der Waals surface area contributed by atoms with Gasteiger partial charge < -0.3 is 29.5 Å². The summed E-state index contributed by atoms with van der Waals surface area (Å²) in [5.74, 6) is 0. The van der Waals surface area contributed by atoms with Crippen molar-refractivity contribution in [2.45, 2.75) is 31.8 Å². The Bertz CT molecular complexity index is 1470. The highest BCUT2D eigenvalue weighted by molar-refractivity contribution is 7.45. The lowest BCUT2D eigenvalue weighted by molar-refractivity contribution is 0.183. The molecule has 0 aliphatic carbocycles. The summed E-state index contributed by atoms with van der Waals surface area (Å²) in [4.78, 5) is 54.5. The van der Waals surface area contributed by atoms with E-state index in [0.717, 1.165) is 61.0 Å². The minimum Gasteiger partial charge on any atom is -0.306 e. The van der Waals surface area contributed by atoms with Gasteiger partial charge in [-0.2, -0.15) is 0 Å². The molecule has 0 bridgehead atoms. The summed E-state index contributed by atoms with van der Waals surface area (Å²) in [6, 6.07) is 13.5. The second-order valence-electron chi connectivity index (χ2n) is 8.50. The number of aryl methyl sites for hydroxylation is 1. The summed E-state index contributed by atoms with van der Waals surface area (Å²) in [6.45, 7) is 3.53. The van der Waals surface area contributed by atoms with Crippen LogP contribution in [0.15, 0.2) is 52.1 Å². The van der Waals surface area contributed by atoms with Gasteiger partial charge in [0.1, 0.15) is 0 Å². The van der Waals surface area contributed by atoms with E-state index in [1.54, 1.807) is 6.07 Å². The molecular weight excluding hydrogens is 497 g/mol. The van der Waals surface area contributed by atoms with Gasteiger partial charge in [-0.15, -0.1) is 0 Å². The van der Waals surface area contributed by atoms with Crippen LogP contribution in [0.3, 0.4) is 0 Å². The molecule has 35 heavy (non-hydrogen) atoms. The molecule has 0 radical (unpaired) electrons. The van der Waals surface area contributed by atoms with Gasteiger partial charge in [0, 0.05) is 30.7 Å². The minimum absolute atomic E-state index is 0.0475. The molecule has 1 fully saturated rings. The number of para-hydroxylation sites is 2. The summed E-state index contributed by atoms with van der Waals surface area (Å²) in [5.41, 5.74) is 3.44. The maximum atomic E-state index is 12.5. The van der Waals surface area contributed by atoms with Crippen LogP contribution in [-0.2, 0) is 11.1 Å². The lowest BCUT2D eigenvalue weighted by Crippen LogP contribution is -2.37. The highest BCUT2D eigenvalue weighted by Gasteiger charge is 2.23. The quantitative estimate of drug-likeness (QED) is 0.251. The number of hydrogen-bond acceptors (Lipinski definition) is 4. The fourth-order valence-corrected chi connectivity index (χ4v) is 4.82. The number of aromatic nitrogens is 4. The van der Waals surface area contributed by atoms with Crippen molar-refractivity contribution in [2.24, 2.45) is 0 Å². The van der Waals surface area contributed by atoms with Gasteiger partial charge in [0.05, 0.1) is 22.1 Å². The number of aromatic amines is 2. The molecule has 0 spiro atoms. The molecule has 1 aliphatic heterocycles. The Hall–Kier alpha value is -2.66. The Balaban J connectivity index is 0.000000527. The van der Waals surface area contributed by atoms with E-state index in [4.69, 9.17) is 30.8 Å². The van der Waals surface area contributed by atoms with Crippen molar-refractivity contribution in [3.63, 3.8) is 0 Å². The highest BCUT2D eigenvalue weighted by Crippen LogP contribution is 2.27. The first kappa shape index (κ1) is 25.4. The number of nitrogens with one attached hydrogen (secondary N) is 2. The fourth-order valence-electron chi connectivity index (χ4n) is 4.65. The Morgan fingerprint density at radius 2 is 1.57 bits per heavy atom. The number of fused-ring (bicyclic) bond motifs is 2. The topological polar surface area (TPSA) is 157 Å². The van der Waals surface area contributed by atoms with E-state index < -0.39 is 7.82 Å². The molecular formula is C22H27ClN5O6P. The van der Waals surface area contributed by atoms with E-state index in [-0.39, 0.29) is 17.4 Å². The number of nitrogens with zero attached hydrogens (tertiary/aromatic N) is 3. The number of likely N-dealkylation sites (tertiary alicyclic amines) is 1. The van der Waals surface area contributed by atoms with E-state index in [1.807, 2.05) is 45.5 Å². The van der Waals surface area contributed by atoms with E-state index in [1.165, 1.54) is 0 Å². The van der Waals surface area contributed by atoms with Gasteiger partial charge in [0.15, 0.2) is 0 Å². The molecule has 3 heterocycles. The van der Waals surface area contributed by atoms with Crippen molar-refractivity contribution >= 4 is 41.5 Å². The molecule has 188 valence electrons. The third-order valence-corrected chi connectivity index (χ3v) is 6.37. The molecule has 0 saturated carbocycles. The van der Waals surface area contributed by atoms with Crippen LogP contribution in [0.2, 0.25) is 5.02 Å². The van der Waals surface area contributed by atoms with Crippen LogP contribution >= 0.6 is 19.4 Å². The smallest absolute Gasteiger partial charge is 0.306 e. The first-order valence-corrected chi connectivity index (χ1v) is 13.1. The molecule has 5 rings (SSSR count). The number of phosphoric acid groups is 1. The van der Waals surface area contributed by atoms with Gasteiger partial charge in [0.25, 0.3) is 0 Å². The number of rotatable bonds is 5. The molecule has 2 aromatic carbocycles. The van der Waals surface area contributed by atoms with Crippen molar-refractivity contribution in [1.82, 2.24) is 24.0 Å². The molecule has 1 aliphatic rings. The van der Waals surface area contributed by atoms with Crippen molar-refractivity contribution in [1.29, 1.82) is 0 Å². The zero-order valence-electron chi connectivity index (χ0n) is 18.8. The Morgan fingerprint density at radius 3 is 2.29 bits per heavy atom. The fraction of sp³-hybridized carbons (Fsp3) is 0.364. The number of halogens is 1. The summed E-state index contributed by atoms with van der Waals surface area (Å²) in [5, 5.41) is 0.625. The Kier molecular flexibility index (Phi) is 7.65. The molecule has 0 unspecified atom stereocenters. The normalized spacial score (nSPS) is 15.4. The minimum atomic E-state index is -4.64. The number of benzene rings is 2. The van der Waals surface area contributed by atoms with Crippen LogP contribution in [0.4, 0.5) is 0 Å². The van der Waals surface area contributed by atoms with Crippen LogP contribution in [-0.4, -0.2) is 58.3 Å². The van der Waals surface area contributed by atoms with E-state index >= 15 is 0 Å². The third-order valence-electron chi connectivity index (χ3n) is 6.14. The predicted octanol–water partition coefficient (Wildman–Crippen LogP) is 2.42. The monoisotopic (exact) mass is 523 g/mol. The molecule has 5 N–H and O–H groups in total. The summed E-state index contributed by atoms with van der Waals surface area (Å²) >= 11 is 6.05.